The lowest BCUT2D eigenvalue weighted by molar-refractivity contribution is -0.695. The van der Waals surface area contributed by atoms with Crippen molar-refractivity contribution in [3.05, 3.63) is 18.7 Å². The van der Waals surface area contributed by atoms with E-state index in [0.717, 1.165) is 26.2 Å². The molecule has 0 aliphatic heterocycles. The molecule has 0 saturated carbocycles. The first kappa shape index (κ1) is 12.2. The molecule has 0 N–H and O–H groups in total. The van der Waals surface area contributed by atoms with Crippen LogP contribution in [0.3, 0.4) is 0 Å². The minimum absolute atomic E-state index is 1.06. The molecule has 1 rings (SSSR count). The van der Waals surface area contributed by atoms with Gasteiger partial charge in [-0.3, -0.25) is 0 Å². The van der Waals surface area contributed by atoms with Crippen LogP contribution in [0.2, 0.25) is 0 Å². The van der Waals surface area contributed by atoms with Crippen LogP contribution in [0.15, 0.2) is 18.7 Å². The molecular weight excluding hydrogens is 188 g/mol. The van der Waals surface area contributed by atoms with E-state index in [1.807, 2.05) is 0 Å². The van der Waals surface area contributed by atoms with Crippen molar-refractivity contribution in [1.29, 1.82) is 0 Å². The van der Waals surface area contributed by atoms with Crippen LogP contribution in [0.4, 0.5) is 0 Å². The van der Waals surface area contributed by atoms with Crippen molar-refractivity contribution < 1.29 is 4.57 Å². The van der Waals surface area contributed by atoms with Gasteiger partial charge in [-0.05, 0) is 28.2 Å². The Morgan fingerprint density at radius 3 is 2.33 bits per heavy atom. The number of likely N-dealkylation sites (N-methyl/N-ethyl adjacent to an activating group) is 2. The Morgan fingerprint density at radius 2 is 1.73 bits per heavy atom. The van der Waals surface area contributed by atoms with Crippen LogP contribution in [0.5, 0.6) is 0 Å². The minimum Gasteiger partial charge on any atom is -0.305 e. The topological polar surface area (TPSA) is 15.3 Å². The van der Waals surface area contributed by atoms with Gasteiger partial charge in [0.2, 0.25) is 6.33 Å². The summed E-state index contributed by atoms with van der Waals surface area (Å²) in [6, 6.07) is 0. The SMILES string of the molecule is CN(C)CCn1cc[n+](CCN(C)C)c1. The number of hydrogen-bond acceptors (Lipinski definition) is 2. The molecule has 0 radical (unpaired) electrons. The smallest absolute Gasteiger partial charge is 0.243 e. The molecule has 4 heteroatoms. The number of hydrogen-bond donors (Lipinski definition) is 0. The number of imidazole rings is 1. The molecule has 1 aromatic rings. The highest BCUT2D eigenvalue weighted by molar-refractivity contribution is 4.66. The Bertz CT molecular complexity index is 251. The fourth-order valence-corrected chi connectivity index (χ4v) is 1.33. The molecule has 0 unspecified atom stereocenters. The van der Waals surface area contributed by atoms with Gasteiger partial charge in [0, 0.05) is 13.1 Å². The van der Waals surface area contributed by atoms with E-state index in [2.05, 4.69) is 65.8 Å². The number of rotatable bonds is 6. The summed E-state index contributed by atoms with van der Waals surface area (Å²) in [5.74, 6) is 0. The van der Waals surface area contributed by atoms with Gasteiger partial charge in [0.25, 0.3) is 0 Å². The Morgan fingerprint density at radius 1 is 1.07 bits per heavy atom. The van der Waals surface area contributed by atoms with E-state index >= 15 is 0 Å². The van der Waals surface area contributed by atoms with Gasteiger partial charge < -0.3 is 9.80 Å². The van der Waals surface area contributed by atoms with Gasteiger partial charge in [-0.15, -0.1) is 0 Å². The van der Waals surface area contributed by atoms with Crippen LogP contribution < -0.4 is 4.57 Å². The Labute approximate surface area is 92.7 Å². The molecular formula is C11H23N4+. The average Bonchev–Trinajstić information content (AvgIpc) is 2.59. The summed E-state index contributed by atoms with van der Waals surface area (Å²) in [6.45, 7) is 4.29. The van der Waals surface area contributed by atoms with Gasteiger partial charge in [0.1, 0.15) is 25.5 Å². The molecule has 86 valence electrons. The summed E-state index contributed by atoms with van der Waals surface area (Å²) in [6.07, 6.45) is 6.45. The first-order valence-electron chi connectivity index (χ1n) is 5.42. The van der Waals surface area contributed by atoms with E-state index in [0.29, 0.717) is 0 Å². The monoisotopic (exact) mass is 211 g/mol. The second-order valence-corrected chi connectivity index (χ2v) is 4.50. The van der Waals surface area contributed by atoms with Gasteiger partial charge in [-0.2, -0.15) is 0 Å². The van der Waals surface area contributed by atoms with Crippen molar-refractivity contribution in [2.45, 2.75) is 13.1 Å². The summed E-state index contributed by atoms with van der Waals surface area (Å²) in [5, 5.41) is 0. The van der Waals surface area contributed by atoms with E-state index in [9.17, 15) is 0 Å². The Balaban J connectivity index is 2.35. The highest BCUT2D eigenvalue weighted by Crippen LogP contribution is 1.86. The zero-order valence-corrected chi connectivity index (χ0v) is 10.3. The summed E-state index contributed by atoms with van der Waals surface area (Å²) in [7, 11) is 8.40. The molecule has 0 spiro atoms. The molecule has 1 heterocycles. The quantitative estimate of drug-likeness (QED) is 0.611. The lowest BCUT2D eigenvalue weighted by Crippen LogP contribution is -2.37. The van der Waals surface area contributed by atoms with Crippen LogP contribution in [-0.4, -0.2) is 55.6 Å². The van der Waals surface area contributed by atoms with Crippen molar-refractivity contribution in [2.24, 2.45) is 0 Å². The van der Waals surface area contributed by atoms with Crippen LogP contribution >= 0.6 is 0 Å². The lowest BCUT2D eigenvalue weighted by Gasteiger charge is -2.07. The van der Waals surface area contributed by atoms with Gasteiger partial charge in [-0.25, -0.2) is 9.13 Å². The molecule has 0 atom stereocenters. The van der Waals surface area contributed by atoms with E-state index in [4.69, 9.17) is 0 Å². The molecule has 0 saturated heterocycles. The first-order valence-corrected chi connectivity index (χ1v) is 5.42. The van der Waals surface area contributed by atoms with Gasteiger partial charge in [-0.1, -0.05) is 0 Å². The van der Waals surface area contributed by atoms with E-state index < -0.39 is 0 Å². The predicted molar refractivity (Wildman–Crippen MR) is 61.7 cm³/mol. The summed E-state index contributed by atoms with van der Waals surface area (Å²) in [5.41, 5.74) is 0. The van der Waals surface area contributed by atoms with Crippen LogP contribution in [-0.2, 0) is 13.1 Å². The van der Waals surface area contributed by atoms with E-state index in [1.165, 1.54) is 0 Å². The lowest BCUT2D eigenvalue weighted by atomic mass is 10.6. The maximum absolute atomic E-state index is 2.23. The third-order valence-electron chi connectivity index (χ3n) is 2.36. The predicted octanol–water partition coefficient (Wildman–Crippen LogP) is -0.101. The highest BCUT2D eigenvalue weighted by Gasteiger charge is 2.03. The van der Waals surface area contributed by atoms with Crippen LogP contribution in [0, 0.1) is 0 Å². The van der Waals surface area contributed by atoms with Crippen molar-refractivity contribution in [3.63, 3.8) is 0 Å². The molecule has 0 fully saturated rings. The number of nitrogens with zero attached hydrogens (tertiary/aromatic N) is 4. The third kappa shape index (κ3) is 4.95. The van der Waals surface area contributed by atoms with Crippen molar-refractivity contribution in [1.82, 2.24) is 14.4 Å². The molecule has 0 amide bonds. The van der Waals surface area contributed by atoms with Gasteiger partial charge in [0.05, 0.1) is 0 Å². The largest absolute Gasteiger partial charge is 0.305 e. The van der Waals surface area contributed by atoms with Gasteiger partial charge >= 0.3 is 0 Å². The molecule has 15 heavy (non-hydrogen) atoms. The fraction of sp³-hybridized carbons (Fsp3) is 0.727. The Hall–Kier alpha value is -0.870. The Kier molecular flexibility index (Phi) is 4.78. The molecule has 0 aliphatic rings. The van der Waals surface area contributed by atoms with E-state index in [1.54, 1.807) is 0 Å². The summed E-state index contributed by atoms with van der Waals surface area (Å²) < 4.78 is 4.46. The minimum atomic E-state index is 1.06. The van der Waals surface area contributed by atoms with Gasteiger partial charge in [0.15, 0.2) is 0 Å². The first-order chi connectivity index (χ1) is 7.08. The zero-order valence-electron chi connectivity index (χ0n) is 10.3. The maximum Gasteiger partial charge on any atom is 0.243 e. The van der Waals surface area contributed by atoms with Crippen molar-refractivity contribution in [2.75, 3.05) is 41.3 Å². The van der Waals surface area contributed by atoms with Crippen molar-refractivity contribution >= 4 is 0 Å². The zero-order chi connectivity index (χ0) is 11.3. The molecule has 4 nitrogen and oxygen atoms in total. The highest BCUT2D eigenvalue weighted by atomic mass is 15.2. The van der Waals surface area contributed by atoms with Crippen LogP contribution in [0.1, 0.15) is 0 Å². The number of aromatic nitrogens is 2. The van der Waals surface area contributed by atoms with E-state index in [-0.39, 0.29) is 0 Å². The summed E-state index contributed by atoms with van der Waals surface area (Å²) >= 11 is 0. The maximum atomic E-state index is 2.23. The second-order valence-electron chi connectivity index (χ2n) is 4.50. The fourth-order valence-electron chi connectivity index (χ4n) is 1.33. The van der Waals surface area contributed by atoms with Crippen LogP contribution in [0.25, 0.3) is 0 Å². The molecule has 0 bridgehead atoms. The second kappa shape index (κ2) is 5.88. The van der Waals surface area contributed by atoms with Crippen molar-refractivity contribution in [3.8, 4) is 0 Å². The average molecular weight is 211 g/mol. The molecule has 1 aromatic heterocycles. The standard InChI is InChI=1S/C11H23N4/c1-12(2)5-7-14-9-10-15(11-14)8-6-13(3)4/h9-11H,5-8H2,1-4H3/q+1. The summed E-state index contributed by atoms with van der Waals surface area (Å²) in [4.78, 5) is 4.40. The molecule has 0 aromatic carbocycles. The molecule has 0 aliphatic carbocycles. The third-order valence-corrected chi connectivity index (χ3v) is 2.36. The normalized spacial score (nSPS) is 11.6.